The fourth-order valence-electron chi connectivity index (χ4n) is 4.46. The molecule has 0 spiro atoms. The van der Waals surface area contributed by atoms with Gasteiger partial charge in [0, 0.05) is 29.3 Å². The Morgan fingerprint density at radius 2 is 1.93 bits per heavy atom. The quantitative estimate of drug-likeness (QED) is 0.709. The van der Waals surface area contributed by atoms with Crippen LogP contribution < -0.4 is 0 Å². The van der Waals surface area contributed by atoms with Crippen molar-refractivity contribution in [2.75, 3.05) is 6.61 Å². The van der Waals surface area contributed by atoms with Crippen LogP contribution in [-0.4, -0.2) is 24.1 Å². The molecular weight excluding hydrogens is 350 g/mol. The Hall–Kier alpha value is -2.75. The fraction of sp³-hybridized carbons (Fsp3) is 0.375. The number of benzene rings is 2. The van der Waals surface area contributed by atoms with Crippen LogP contribution >= 0.6 is 0 Å². The predicted octanol–water partition coefficient (Wildman–Crippen LogP) is 4.97. The number of rotatable bonds is 4. The van der Waals surface area contributed by atoms with E-state index in [1.54, 1.807) is 0 Å². The third-order valence-corrected chi connectivity index (χ3v) is 5.70. The number of hydrogen-bond donors (Lipinski definition) is 0. The van der Waals surface area contributed by atoms with Gasteiger partial charge in [-0.05, 0) is 42.5 Å². The van der Waals surface area contributed by atoms with Gasteiger partial charge >= 0.3 is 5.97 Å². The van der Waals surface area contributed by atoms with Crippen LogP contribution in [0.1, 0.15) is 51.0 Å². The molecule has 28 heavy (non-hydrogen) atoms. The summed E-state index contributed by atoms with van der Waals surface area (Å²) in [5.41, 5.74) is 3.32. The average Bonchev–Trinajstić information content (AvgIpc) is 2.71. The molecule has 4 rings (SSSR count). The first kappa shape index (κ1) is 18.6. The molecule has 2 atom stereocenters. The maximum atomic E-state index is 13.0. The monoisotopic (exact) mass is 375 g/mol. The second-order valence-electron chi connectivity index (χ2n) is 7.58. The van der Waals surface area contributed by atoms with Gasteiger partial charge < -0.3 is 4.74 Å². The highest BCUT2D eigenvalue weighted by Gasteiger charge is 2.43. The van der Waals surface area contributed by atoms with Crippen LogP contribution in [0.5, 0.6) is 0 Å². The molecule has 0 saturated carbocycles. The Bertz CT molecular complexity index is 997. The summed E-state index contributed by atoms with van der Waals surface area (Å²) in [6, 6.07) is 14.2. The summed E-state index contributed by atoms with van der Waals surface area (Å²) in [6.45, 7) is 4.24. The topological polar surface area (TPSA) is 55.7 Å². The van der Waals surface area contributed by atoms with Crippen molar-refractivity contribution in [3.8, 4) is 0 Å². The van der Waals surface area contributed by atoms with Crippen molar-refractivity contribution < 1.29 is 14.3 Å². The number of carbonyl (C=O) groups is 2. The molecule has 0 amide bonds. The summed E-state index contributed by atoms with van der Waals surface area (Å²) < 4.78 is 5.53. The Balaban J connectivity index is 1.92. The van der Waals surface area contributed by atoms with Crippen LogP contribution in [0.3, 0.4) is 0 Å². The van der Waals surface area contributed by atoms with E-state index in [0.29, 0.717) is 18.6 Å². The van der Waals surface area contributed by atoms with Crippen LogP contribution in [0.4, 0.5) is 0 Å². The zero-order valence-corrected chi connectivity index (χ0v) is 16.4. The number of fused-ring (bicyclic) bond motifs is 1. The van der Waals surface area contributed by atoms with E-state index < -0.39 is 5.92 Å². The molecule has 2 aromatic rings. The maximum Gasteiger partial charge on any atom is 0.315 e. The normalized spacial score (nSPS) is 22.1. The van der Waals surface area contributed by atoms with Crippen LogP contribution in [0.25, 0.3) is 10.8 Å². The summed E-state index contributed by atoms with van der Waals surface area (Å²) in [7, 11) is 0. The summed E-state index contributed by atoms with van der Waals surface area (Å²) in [5, 5.41) is 2.18. The molecule has 4 heteroatoms. The number of esters is 1. The van der Waals surface area contributed by atoms with Gasteiger partial charge in [-0.1, -0.05) is 49.4 Å². The van der Waals surface area contributed by atoms with Crippen molar-refractivity contribution in [1.29, 1.82) is 0 Å². The molecule has 1 aliphatic heterocycles. The minimum absolute atomic E-state index is 0.115. The Labute approximate surface area is 165 Å². The number of hydrogen-bond acceptors (Lipinski definition) is 4. The van der Waals surface area contributed by atoms with Crippen LogP contribution in [-0.2, 0) is 14.3 Å². The minimum atomic E-state index is -0.557. The molecule has 144 valence electrons. The lowest BCUT2D eigenvalue weighted by Crippen LogP contribution is -2.37. The minimum Gasteiger partial charge on any atom is -0.465 e. The van der Waals surface area contributed by atoms with Gasteiger partial charge in [0.25, 0.3) is 0 Å². The van der Waals surface area contributed by atoms with Crippen molar-refractivity contribution in [2.45, 2.75) is 45.4 Å². The summed E-state index contributed by atoms with van der Waals surface area (Å²) in [6.07, 6.45) is 2.89. The molecule has 2 aromatic carbocycles. The third kappa shape index (κ3) is 3.17. The van der Waals surface area contributed by atoms with Crippen molar-refractivity contribution in [2.24, 2.45) is 10.9 Å². The van der Waals surface area contributed by atoms with Gasteiger partial charge in [-0.2, -0.15) is 0 Å². The van der Waals surface area contributed by atoms with E-state index in [1.165, 1.54) is 0 Å². The van der Waals surface area contributed by atoms with Crippen molar-refractivity contribution in [1.82, 2.24) is 0 Å². The van der Waals surface area contributed by atoms with Gasteiger partial charge in [0.05, 0.1) is 6.61 Å². The molecule has 0 fully saturated rings. The molecule has 0 bridgehead atoms. The molecule has 4 nitrogen and oxygen atoms in total. The number of nitrogens with zero attached hydrogens (tertiary/aromatic N) is 1. The first-order valence-electron chi connectivity index (χ1n) is 10.1. The van der Waals surface area contributed by atoms with Crippen LogP contribution in [0, 0.1) is 5.92 Å². The van der Waals surface area contributed by atoms with Gasteiger partial charge in [-0.25, -0.2) is 0 Å². The molecule has 1 aliphatic carbocycles. The first-order valence-corrected chi connectivity index (χ1v) is 10.1. The number of carbonyl (C=O) groups excluding carboxylic acids is 2. The maximum absolute atomic E-state index is 13.0. The number of allylic oxidation sites excluding steroid dienone is 2. The number of Topliss-reactive ketones (excluding diaryl/α,β-unsaturated/α-hetero) is 1. The summed E-state index contributed by atoms with van der Waals surface area (Å²) >= 11 is 0. The standard InChI is InChI=1S/C24H25NO3/c1-3-14-28-24(27)21-15(2)25-19-12-7-13-20(26)23(19)22(21)18-11-6-9-16-8-4-5-10-17(16)18/h4-6,8-11,21-22H,3,7,12-14H2,1-2H3/t21?,22-/m1/s1. The lowest BCUT2D eigenvalue weighted by atomic mass is 9.71. The number of aliphatic imine (C=N–C) groups is 1. The van der Waals surface area contributed by atoms with Gasteiger partial charge in [-0.3, -0.25) is 14.6 Å². The molecule has 1 unspecified atom stereocenters. The van der Waals surface area contributed by atoms with E-state index in [2.05, 4.69) is 18.2 Å². The van der Waals surface area contributed by atoms with E-state index in [1.807, 2.05) is 38.1 Å². The Morgan fingerprint density at radius 3 is 2.75 bits per heavy atom. The van der Waals surface area contributed by atoms with Gasteiger partial charge in [-0.15, -0.1) is 0 Å². The molecule has 0 radical (unpaired) electrons. The van der Waals surface area contributed by atoms with Gasteiger partial charge in [0.2, 0.25) is 0 Å². The molecule has 0 aromatic heterocycles. The van der Waals surface area contributed by atoms with Crippen molar-refractivity contribution >= 4 is 28.2 Å². The van der Waals surface area contributed by atoms with E-state index in [-0.39, 0.29) is 17.7 Å². The molecule has 1 heterocycles. The highest BCUT2D eigenvalue weighted by molar-refractivity contribution is 6.09. The number of ketones is 1. The first-order chi connectivity index (χ1) is 13.6. The molecule has 0 N–H and O–H groups in total. The van der Waals surface area contributed by atoms with Gasteiger partial charge in [0.1, 0.15) is 5.92 Å². The van der Waals surface area contributed by atoms with Crippen LogP contribution in [0.2, 0.25) is 0 Å². The van der Waals surface area contributed by atoms with Crippen molar-refractivity contribution in [3.05, 3.63) is 59.3 Å². The van der Waals surface area contributed by atoms with Crippen molar-refractivity contribution in [3.63, 3.8) is 0 Å². The highest BCUT2D eigenvalue weighted by atomic mass is 16.5. The smallest absolute Gasteiger partial charge is 0.315 e. The zero-order valence-electron chi connectivity index (χ0n) is 16.4. The van der Waals surface area contributed by atoms with E-state index in [4.69, 9.17) is 9.73 Å². The lowest BCUT2D eigenvalue weighted by molar-refractivity contribution is -0.146. The lowest BCUT2D eigenvalue weighted by Gasteiger charge is -2.35. The number of ether oxygens (including phenoxy) is 1. The third-order valence-electron chi connectivity index (χ3n) is 5.70. The average molecular weight is 375 g/mol. The fourth-order valence-corrected chi connectivity index (χ4v) is 4.46. The SMILES string of the molecule is CCCOC(=O)C1C(C)=NC2=C(C(=O)CCC2)[C@@H]1c1cccc2ccccc12. The van der Waals surface area contributed by atoms with E-state index >= 15 is 0 Å². The summed E-state index contributed by atoms with van der Waals surface area (Å²) in [5.74, 6) is -1.07. The second-order valence-corrected chi connectivity index (χ2v) is 7.58. The molecule has 2 aliphatic rings. The largest absolute Gasteiger partial charge is 0.465 e. The second kappa shape index (κ2) is 7.70. The van der Waals surface area contributed by atoms with E-state index in [0.717, 1.165) is 47.0 Å². The highest BCUT2D eigenvalue weighted by Crippen LogP contribution is 2.45. The zero-order chi connectivity index (χ0) is 19.7. The Kier molecular flexibility index (Phi) is 5.12. The Morgan fingerprint density at radius 1 is 1.14 bits per heavy atom. The van der Waals surface area contributed by atoms with Gasteiger partial charge in [0.15, 0.2) is 5.78 Å². The predicted molar refractivity (Wildman–Crippen MR) is 110 cm³/mol. The summed E-state index contributed by atoms with van der Waals surface area (Å²) in [4.78, 5) is 30.7. The molecule has 0 saturated heterocycles. The van der Waals surface area contributed by atoms with E-state index in [9.17, 15) is 9.59 Å². The molecular formula is C24H25NO3. The van der Waals surface area contributed by atoms with Crippen LogP contribution in [0.15, 0.2) is 58.7 Å².